The molecule has 0 atom stereocenters. The molecule has 0 heterocycles. The number of hydrogen-bond donors (Lipinski definition) is 0. The molecule has 0 unspecified atom stereocenters. The number of aldehydes is 1. The van der Waals surface area contributed by atoms with Crippen molar-refractivity contribution in [2.75, 3.05) is 6.61 Å². The van der Waals surface area contributed by atoms with Gasteiger partial charge in [0, 0.05) is 5.56 Å². The smallest absolute Gasteiger partial charge is 0.191 e. The summed E-state index contributed by atoms with van der Waals surface area (Å²) in [4.78, 5) is 10.5. The van der Waals surface area contributed by atoms with Crippen molar-refractivity contribution in [1.29, 1.82) is 0 Å². The molecule has 0 aliphatic carbocycles. The molecule has 0 saturated carbocycles. The highest BCUT2D eigenvalue weighted by atomic mass is 19.1. The molecule has 0 bridgehead atoms. The van der Waals surface area contributed by atoms with E-state index in [-0.39, 0.29) is 12.2 Å². The summed E-state index contributed by atoms with van der Waals surface area (Å²) in [6.45, 7) is 0.0309. The van der Waals surface area contributed by atoms with Crippen molar-refractivity contribution in [2.24, 2.45) is 0 Å². The summed E-state index contributed by atoms with van der Waals surface area (Å²) in [5, 5.41) is 0. The lowest BCUT2D eigenvalue weighted by atomic mass is 10.2. The first-order valence-electron chi connectivity index (χ1n) is 5.99. The first kappa shape index (κ1) is 13.9. The molecule has 0 saturated heterocycles. The first-order valence-corrected chi connectivity index (χ1v) is 5.99. The lowest BCUT2D eigenvalue weighted by molar-refractivity contribution is 0.112. The largest absolute Gasteiger partial charge is 0.483 e. The molecule has 2 rings (SSSR count). The van der Waals surface area contributed by atoms with E-state index in [9.17, 15) is 13.6 Å². The fourth-order valence-corrected chi connectivity index (χ4v) is 1.67. The van der Waals surface area contributed by atoms with Crippen molar-refractivity contribution in [3.8, 4) is 5.75 Å². The van der Waals surface area contributed by atoms with Crippen molar-refractivity contribution in [1.82, 2.24) is 0 Å². The molecule has 0 N–H and O–H groups in total. The van der Waals surface area contributed by atoms with Crippen LogP contribution in [0.2, 0.25) is 0 Å². The monoisotopic (exact) mass is 274 g/mol. The lowest BCUT2D eigenvalue weighted by Crippen LogP contribution is -2.00. The third-order valence-corrected chi connectivity index (χ3v) is 2.59. The number of carbonyl (C=O) groups excluding carboxylic acids is 1. The molecule has 20 heavy (non-hydrogen) atoms. The Morgan fingerprint density at radius 1 is 1.00 bits per heavy atom. The van der Waals surface area contributed by atoms with E-state index in [0.29, 0.717) is 6.29 Å². The van der Waals surface area contributed by atoms with Crippen LogP contribution in [0.15, 0.2) is 48.5 Å². The van der Waals surface area contributed by atoms with Gasteiger partial charge in [-0.05, 0) is 23.8 Å². The highest BCUT2D eigenvalue weighted by Gasteiger charge is 2.11. The second-order valence-corrected chi connectivity index (χ2v) is 4.06. The highest BCUT2D eigenvalue weighted by molar-refractivity contribution is 5.75. The van der Waals surface area contributed by atoms with Crippen molar-refractivity contribution in [3.63, 3.8) is 0 Å². The van der Waals surface area contributed by atoms with Crippen LogP contribution in [0.3, 0.4) is 0 Å². The van der Waals surface area contributed by atoms with Gasteiger partial charge in [0.15, 0.2) is 17.4 Å². The lowest BCUT2D eigenvalue weighted by Gasteiger charge is -2.06. The first-order chi connectivity index (χ1) is 9.70. The van der Waals surface area contributed by atoms with Crippen LogP contribution < -0.4 is 4.74 Å². The van der Waals surface area contributed by atoms with E-state index < -0.39 is 17.4 Å². The van der Waals surface area contributed by atoms with Crippen LogP contribution in [0.1, 0.15) is 15.9 Å². The zero-order valence-electron chi connectivity index (χ0n) is 10.6. The summed E-state index contributed by atoms with van der Waals surface area (Å²) in [5.74, 6) is -2.26. The Kier molecular flexibility index (Phi) is 4.60. The van der Waals surface area contributed by atoms with Gasteiger partial charge in [-0.25, -0.2) is 8.78 Å². The van der Waals surface area contributed by atoms with E-state index in [4.69, 9.17) is 4.74 Å². The van der Waals surface area contributed by atoms with Crippen molar-refractivity contribution < 1.29 is 18.3 Å². The topological polar surface area (TPSA) is 26.3 Å². The van der Waals surface area contributed by atoms with E-state index in [0.717, 1.165) is 17.7 Å². The van der Waals surface area contributed by atoms with E-state index in [2.05, 4.69) is 0 Å². The van der Waals surface area contributed by atoms with Crippen molar-refractivity contribution in [3.05, 3.63) is 71.3 Å². The van der Waals surface area contributed by atoms with Gasteiger partial charge >= 0.3 is 0 Å². The molecular weight excluding hydrogens is 262 g/mol. The SMILES string of the molecule is O=Cc1cc(F)c(OC/C=C/c2ccccc2)c(F)c1. The fourth-order valence-electron chi connectivity index (χ4n) is 1.67. The van der Waals surface area contributed by atoms with Crippen LogP contribution in [0, 0.1) is 11.6 Å². The molecule has 2 aromatic carbocycles. The maximum absolute atomic E-state index is 13.5. The molecule has 0 spiro atoms. The van der Waals surface area contributed by atoms with Crippen LogP contribution in [-0.4, -0.2) is 12.9 Å². The fraction of sp³-hybridized carbons (Fsp3) is 0.0625. The number of rotatable bonds is 5. The predicted molar refractivity (Wildman–Crippen MR) is 72.7 cm³/mol. The van der Waals surface area contributed by atoms with Gasteiger partial charge < -0.3 is 4.74 Å². The summed E-state index contributed by atoms with van der Waals surface area (Å²) in [5.41, 5.74) is 0.903. The predicted octanol–water partition coefficient (Wildman–Crippen LogP) is 3.87. The van der Waals surface area contributed by atoms with E-state index in [1.807, 2.05) is 30.3 Å². The second kappa shape index (κ2) is 6.61. The average molecular weight is 274 g/mol. The molecule has 102 valence electrons. The molecule has 2 aromatic rings. The quantitative estimate of drug-likeness (QED) is 0.774. The molecule has 2 nitrogen and oxygen atoms in total. The number of halogens is 2. The minimum Gasteiger partial charge on any atom is -0.483 e. The number of benzene rings is 2. The van der Waals surface area contributed by atoms with Gasteiger partial charge in [-0.1, -0.05) is 36.4 Å². The summed E-state index contributed by atoms with van der Waals surface area (Å²) >= 11 is 0. The maximum Gasteiger partial charge on any atom is 0.191 e. The Bertz CT molecular complexity index is 599. The molecule has 0 aliphatic heterocycles. The average Bonchev–Trinajstić information content (AvgIpc) is 2.46. The van der Waals surface area contributed by atoms with Crippen LogP contribution in [0.4, 0.5) is 8.78 Å². The normalized spacial score (nSPS) is 10.7. The Hall–Kier alpha value is -2.49. The molecule has 0 amide bonds. The van der Waals surface area contributed by atoms with Crippen LogP contribution in [0.5, 0.6) is 5.75 Å². The van der Waals surface area contributed by atoms with E-state index in [1.165, 1.54) is 0 Å². The van der Waals surface area contributed by atoms with Crippen LogP contribution in [0.25, 0.3) is 6.08 Å². The third kappa shape index (κ3) is 3.51. The van der Waals surface area contributed by atoms with Crippen LogP contribution >= 0.6 is 0 Å². The number of hydrogen-bond acceptors (Lipinski definition) is 2. The zero-order valence-corrected chi connectivity index (χ0v) is 10.6. The van der Waals surface area contributed by atoms with Gasteiger partial charge in [0.25, 0.3) is 0 Å². The van der Waals surface area contributed by atoms with E-state index in [1.54, 1.807) is 12.2 Å². The van der Waals surface area contributed by atoms with Gasteiger partial charge in [-0.2, -0.15) is 0 Å². The standard InChI is InChI=1S/C16H12F2O2/c17-14-9-13(11-19)10-15(18)16(14)20-8-4-7-12-5-2-1-3-6-12/h1-7,9-11H,8H2/b7-4+. The summed E-state index contributed by atoms with van der Waals surface area (Å²) < 4.78 is 32.0. The molecule has 4 heteroatoms. The van der Waals surface area contributed by atoms with Gasteiger partial charge in [-0.15, -0.1) is 0 Å². The summed E-state index contributed by atoms with van der Waals surface area (Å²) in [6.07, 6.45) is 3.82. The highest BCUT2D eigenvalue weighted by Crippen LogP contribution is 2.22. The minimum absolute atomic E-state index is 0.0309. The zero-order chi connectivity index (χ0) is 14.4. The molecular formula is C16H12F2O2. The van der Waals surface area contributed by atoms with Gasteiger partial charge in [0.1, 0.15) is 12.9 Å². The number of carbonyl (C=O) groups is 1. The van der Waals surface area contributed by atoms with Gasteiger partial charge in [-0.3, -0.25) is 4.79 Å². The van der Waals surface area contributed by atoms with Crippen molar-refractivity contribution >= 4 is 12.4 Å². The van der Waals surface area contributed by atoms with Crippen molar-refractivity contribution in [2.45, 2.75) is 0 Å². The Balaban J connectivity index is 2.01. The Labute approximate surface area is 115 Å². The summed E-state index contributed by atoms with van der Waals surface area (Å²) in [7, 11) is 0. The second-order valence-electron chi connectivity index (χ2n) is 4.06. The minimum atomic E-state index is -0.889. The van der Waals surface area contributed by atoms with Crippen LogP contribution in [-0.2, 0) is 0 Å². The third-order valence-electron chi connectivity index (χ3n) is 2.59. The Morgan fingerprint density at radius 3 is 2.25 bits per heavy atom. The Morgan fingerprint density at radius 2 is 1.65 bits per heavy atom. The van der Waals surface area contributed by atoms with E-state index >= 15 is 0 Å². The molecule has 0 radical (unpaired) electrons. The number of ether oxygens (including phenoxy) is 1. The summed E-state index contributed by atoms with van der Waals surface area (Å²) in [6, 6.07) is 11.3. The maximum atomic E-state index is 13.5. The molecule has 0 fully saturated rings. The van der Waals surface area contributed by atoms with Gasteiger partial charge in [0.05, 0.1) is 0 Å². The van der Waals surface area contributed by atoms with Gasteiger partial charge in [0.2, 0.25) is 0 Å². The molecule has 0 aromatic heterocycles. The molecule has 0 aliphatic rings.